The van der Waals surface area contributed by atoms with Gasteiger partial charge in [-0.25, -0.2) is 0 Å². The Hall–Kier alpha value is -0.0400. The van der Waals surface area contributed by atoms with E-state index < -0.39 is 0 Å². The molecule has 3 rings (SSSR count). The van der Waals surface area contributed by atoms with Crippen LogP contribution in [0.2, 0.25) is 0 Å². The molecule has 146 valence electrons. The molecule has 3 aliphatic rings. The third-order valence-electron chi connectivity index (χ3n) is 8.53. The van der Waals surface area contributed by atoms with Gasteiger partial charge in [-0.3, -0.25) is 0 Å². The third-order valence-corrected chi connectivity index (χ3v) is 8.53. The van der Waals surface area contributed by atoms with Gasteiger partial charge in [-0.05, 0) is 93.4 Å². The van der Waals surface area contributed by atoms with Crippen LogP contribution in [0.3, 0.4) is 0 Å². The maximum atomic E-state index is 3.59. The minimum absolute atomic E-state index is 0.705. The van der Waals surface area contributed by atoms with Crippen molar-refractivity contribution in [1.29, 1.82) is 0 Å². The molecule has 3 saturated carbocycles. The summed E-state index contributed by atoms with van der Waals surface area (Å²) in [7, 11) is 2.17. The first-order chi connectivity index (χ1) is 12.0. The molecule has 0 aromatic carbocycles. The molecule has 0 amide bonds. The molecule has 0 aliphatic heterocycles. The molecule has 0 bridgehead atoms. The molecule has 0 spiro atoms. The second-order valence-corrected chi connectivity index (χ2v) is 10.6. The minimum atomic E-state index is 0.705. The van der Waals surface area contributed by atoms with E-state index in [-0.39, 0.29) is 0 Å². The number of nitrogens with one attached hydrogen (secondary N) is 1. The summed E-state index contributed by atoms with van der Waals surface area (Å²) in [6, 6.07) is 0.705. The van der Waals surface area contributed by atoms with Crippen molar-refractivity contribution in [1.82, 2.24) is 5.32 Å². The fourth-order valence-corrected chi connectivity index (χ4v) is 6.13. The Morgan fingerprint density at radius 2 is 1.64 bits per heavy atom. The van der Waals surface area contributed by atoms with Gasteiger partial charge in [-0.2, -0.15) is 0 Å². The van der Waals surface area contributed by atoms with E-state index in [1.165, 1.54) is 64.2 Å². The van der Waals surface area contributed by atoms with Gasteiger partial charge in [0.2, 0.25) is 0 Å². The number of rotatable bonds is 11. The van der Waals surface area contributed by atoms with E-state index in [1.807, 2.05) is 0 Å². The predicted octanol–water partition coefficient (Wildman–Crippen LogP) is 6.53. The molecular weight excluding hydrogens is 302 g/mol. The summed E-state index contributed by atoms with van der Waals surface area (Å²) in [5, 5.41) is 3.59. The Balaban J connectivity index is 1.42. The first-order valence-corrected chi connectivity index (χ1v) is 11.7. The highest BCUT2D eigenvalue weighted by atomic mass is 14.9. The highest BCUT2D eigenvalue weighted by Gasteiger charge is 2.44. The standard InChI is InChI=1S/C24H45N/c1-16(2)23(24-12-17(24)3)15-20-13-21(14-20)22(18(4)25-5)11-7-10-19-8-6-9-19/h16-25H,6-15H2,1-5H3. The molecule has 3 aliphatic carbocycles. The van der Waals surface area contributed by atoms with Crippen molar-refractivity contribution in [3.63, 3.8) is 0 Å². The number of hydrogen-bond acceptors (Lipinski definition) is 1. The zero-order valence-corrected chi connectivity index (χ0v) is 17.8. The predicted molar refractivity (Wildman–Crippen MR) is 110 cm³/mol. The molecule has 0 aromatic heterocycles. The lowest BCUT2D eigenvalue weighted by Crippen LogP contribution is -2.41. The summed E-state index contributed by atoms with van der Waals surface area (Å²) in [6.07, 6.45) is 15.1. The molecule has 1 N–H and O–H groups in total. The van der Waals surface area contributed by atoms with Crippen LogP contribution in [0.4, 0.5) is 0 Å². The molecule has 3 fully saturated rings. The van der Waals surface area contributed by atoms with Crippen molar-refractivity contribution < 1.29 is 0 Å². The lowest BCUT2D eigenvalue weighted by molar-refractivity contribution is 0.0666. The largest absolute Gasteiger partial charge is 0.317 e. The van der Waals surface area contributed by atoms with E-state index in [1.54, 1.807) is 0 Å². The fraction of sp³-hybridized carbons (Fsp3) is 1.00. The second kappa shape index (κ2) is 8.77. The van der Waals surface area contributed by atoms with E-state index in [9.17, 15) is 0 Å². The van der Waals surface area contributed by atoms with Gasteiger partial charge in [-0.15, -0.1) is 0 Å². The monoisotopic (exact) mass is 347 g/mol. The molecule has 25 heavy (non-hydrogen) atoms. The van der Waals surface area contributed by atoms with Crippen LogP contribution in [-0.4, -0.2) is 13.1 Å². The Morgan fingerprint density at radius 3 is 2.12 bits per heavy atom. The summed E-state index contributed by atoms with van der Waals surface area (Å²) in [4.78, 5) is 0. The van der Waals surface area contributed by atoms with Crippen molar-refractivity contribution in [2.45, 2.75) is 97.9 Å². The summed E-state index contributed by atoms with van der Waals surface area (Å²) in [5.74, 6) is 8.07. The Labute approximate surface area is 158 Å². The van der Waals surface area contributed by atoms with Crippen LogP contribution in [0, 0.1) is 47.3 Å². The third kappa shape index (κ3) is 5.02. The van der Waals surface area contributed by atoms with Crippen molar-refractivity contribution in [3.8, 4) is 0 Å². The molecule has 0 aromatic rings. The fourth-order valence-electron chi connectivity index (χ4n) is 6.13. The van der Waals surface area contributed by atoms with Gasteiger partial charge in [-0.1, -0.05) is 52.9 Å². The first kappa shape index (κ1) is 19.7. The van der Waals surface area contributed by atoms with Crippen LogP contribution >= 0.6 is 0 Å². The van der Waals surface area contributed by atoms with Crippen molar-refractivity contribution in [3.05, 3.63) is 0 Å². The lowest BCUT2D eigenvalue weighted by Gasteiger charge is -2.45. The van der Waals surface area contributed by atoms with E-state index in [4.69, 9.17) is 0 Å². The van der Waals surface area contributed by atoms with Crippen LogP contribution in [-0.2, 0) is 0 Å². The lowest BCUT2D eigenvalue weighted by atomic mass is 9.62. The summed E-state index contributed by atoms with van der Waals surface area (Å²) in [5.41, 5.74) is 0. The maximum absolute atomic E-state index is 3.59. The van der Waals surface area contributed by atoms with Crippen LogP contribution in [0.25, 0.3) is 0 Å². The Morgan fingerprint density at radius 1 is 0.960 bits per heavy atom. The molecule has 1 heteroatoms. The Bertz CT molecular complexity index is 393. The normalized spacial score (nSPS) is 35.8. The summed E-state index contributed by atoms with van der Waals surface area (Å²) < 4.78 is 0. The summed E-state index contributed by atoms with van der Waals surface area (Å²) in [6.45, 7) is 9.84. The van der Waals surface area contributed by atoms with Crippen molar-refractivity contribution in [2.24, 2.45) is 47.3 Å². The van der Waals surface area contributed by atoms with E-state index in [0.717, 1.165) is 47.3 Å². The average Bonchev–Trinajstić information content (AvgIpc) is 3.21. The quantitative estimate of drug-likeness (QED) is 0.448. The first-order valence-electron chi connectivity index (χ1n) is 11.7. The van der Waals surface area contributed by atoms with Crippen LogP contribution < -0.4 is 5.32 Å². The Kier molecular flexibility index (Phi) is 6.91. The SMILES string of the molecule is CNC(C)C(CCCC1CCC1)C1CC(CC(C(C)C)C2CC2C)C1. The van der Waals surface area contributed by atoms with Gasteiger partial charge in [0, 0.05) is 6.04 Å². The van der Waals surface area contributed by atoms with Gasteiger partial charge < -0.3 is 5.32 Å². The average molecular weight is 348 g/mol. The van der Waals surface area contributed by atoms with Gasteiger partial charge in [0.1, 0.15) is 0 Å². The van der Waals surface area contributed by atoms with Crippen LogP contribution in [0.5, 0.6) is 0 Å². The van der Waals surface area contributed by atoms with Gasteiger partial charge in [0.15, 0.2) is 0 Å². The van der Waals surface area contributed by atoms with Gasteiger partial charge in [0.25, 0.3) is 0 Å². The van der Waals surface area contributed by atoms with E-state index >= 15 is 0 Å². The van der Waals surface area contributed by atoms with E-state index in [0.29, 0.717) is 6.04 Å². The minimum Gasteiger partial charge on any atom is -0.317 e. The van der Waals surface area contributed by atoms with Gasteiger partial charge >= 0.3 is 0 Å². The smallest absolute Gasteiger partial charge is 0.00666 e. The molecule has 0 saturated heterocycles. The molecular formula is C24H45N. The highest BCUT2D eigenvalue weighted by molar-refractivity contribution is 4.94. The zero-order chi connectivity index (χ0) is 18.0. The zero-order valence-electron chi connectivity index (χ0n) is 17.8. The van der Waals surface area contributed by atoms with Crippen molar-refractivity contribution >= 4 is 0 Å². The molecule has 5 unspecified atom stereocenters. The molecule has 5 atom stereocenters. The van der Waals surface area contributed by atoms with Crippen molar-refractivity contribution in [2.75, 3.05) is 7.05 Å². The topological polar surface area (TPSA) is 12.0 Å². The van der Waals surface area contributed by atoms with Gasteiger partial charge in [0.05, 0.1) is 0 Å². The highest BCUT2D eigenvalue weighted by Crippen LogP contribution is 2.52. The number of hydrogen-bond donors (Lipinski definition) is 1. The van der Waals surface area contributed by atoms with Crippen LogP contribution in [0.1, 0.15) is 91.9 Å². The second-order valence-electron chi connectivity index (χ2n) is 10.6. The maximum Gasteiger partial charge on any atom is 0.00666 e. The van der Waals surface area contributed by atoms with Crippen LogP contribution in [0.15, 0.2) is 0 Å². The summed E-state index contributed by atoms with van der Waals surface area (Å²) >= 11 is 0. The molecule has 0 heterocycles. The van der Waals surface area contributed by atoms with E-state index in [2.05, 4.69) is 40.1 Å². The molecule has 1 nitrogen and oxygen atoms in total. The molecule has 0 radical (unpaired) electrons.